The first-order valence-electron chi connectivity index (χ1n) is 6.38. The lowest BCUT2D eigenvalue weighted by Crippen LogP contribution is -2.23. The van der Waals surface area contributed by atoms with Gasteiger partial charge in [-0.3, -0.25) is 0 Å². The Morgan fingerprint density at radius 2 is 1.95 bits per heavy atom. The normalized spacial score (nSPS) is 11.3. The molecule has 0 N–H and O–H groups in total. The van der Waals surface area contributed by atoms with Gasteiger partial charge in [0.05, 0.1) is 18.4 Å². The number of carbonyl (C=O) groups is 1. The Morgan fingerprint density at radius 1 is 1.29 bits per heavy atom. The Balaban J connectivity index is 2.49. The average molecular weight is 305 g/mol. The highest BCUT2D eigenvalue weighted by molar-refractivity contribution is 5.95. The van der Waals surface area contributed by atoms with E-state index in [9.17, 15) is 18.0 Å². The number of esters is 1. The molecular formula is C14H18F3NO3. The van der Waals surface area contributed by atoms with Crippen molar-refractivity contribution in [2.24, 2.45) is 0 Å². The third kappa shape index (κ3) is 6.03. The van der Waals surface area contributed by atoms with Crippen LogP contribution in [0.15, 0.2) is 24.3 Å². The van der Waals surface area contributed by atoms with Crippen molar-refractivity contribution in [2.45, 2.75) is 12.6 Å². The molecule has 1 aromatic rings. The number of benzene rings is 1. The fraction of sp³-hybridized carbons (Fsp3) is 0.500. The van der Waals surface area contributed by atoms with E-state index >= 15 is 0 Å². The van der Waals surface area contributed by atoms with E-state index in [2.05, 4.69) is 4.74 Å². The van der Waals surface area contributed by atoms with Crippen LogP contribution in [0.25, 0.3) is 0 Å². The quantitative estimate of drug-likeness (QED) is 0.573. The SMILES string of the molecule is COC(=O)c1ccccc1N(C)CCCOCC(F)(F)F. The van der Waals surface area contributed by atoms with Crippen molar-refractivity contribution in [3.8, 4) is 0 Å². The number of anilines is 1. The molecule has 0 aliphatic heterocycles. The first-order chi connectivity index (χ1) is 9.85. The summed E-state index contributed by atoms with van der Waals surface area (Å²) in [5, 5.41) is 0. The van der Waals surface area contributed by atoms with Gasteiger partial charge in [-0.15, -0.1) is 0 Å². The molecule has 0 aliphatic carbocycles. The number of hydrogen-bond acceptors (Lipinski definition) is 4. The lowest BCUT2D eigenvalue weighted by atomic mass is 10.1. The molecule has 0 saturated carbocycles. The van der Waals surface area contributed by atoms with Crippen LogP contribution >= 0.6 is 0 Å². The van der Waals surface area contributed by atoms with Crippen LogP contribution in [0, 0.1) is 0 Å². The molecule has 4 nitrogen and oxygen atoms in total. The summed E-state index contributed by atoms with van der Waals surface area (Å²) in [4.78, 5) is 13.4. The third-order valence-corrected chi connectivity index (χ3v) is 2.77. The Kier molecular flexibility index (Phi) is 6.48. The highest BCUT2D eigenvalue weighted by Crippen LogP contribution is 2.20. The number of hydrogen-bond donors (Lipinski definition) is 0. The van der Waals surface area contributed by atoms with E-state index in [4.69, 9.17) is 4.74 Å². The van der Waals surface area contributed by atoms with Crippen molar-refractivity contribution in [1.29, 1.82) is 0 Å². The van der Waals surface area contributed by atoms with E-state index in [1.165, 1.54) is 7.11 Å². The second-order valence-corrected chi connectivity index (χ2v) is 4.45. The summed E-state index contributed by atoms with van der Waals surface area (Å²) < 4.78 is 44.9. The van der Waals surface area contributed by atoms with Crippen LogP contribution in [-0.2, 0) is 9.47 Å². The van der Waals surface area contributed by atoms with E-state index in [1.54, 1.807) is 36.2 Å². The minimum absolute atomic E-state index is 0.00421. The van der Waals surface area contributed by atoms with Crippen LogP contribution in [0.3, 0.4) is 0 Å². The van der Waals surface area contributed by atoms with Crippen LogP contribution < -0.4 is 4.90 Å². The molecule has 0 radical (unpaired) electrons. The molecule has 118 valence electrons. The Hall–Kier alpha value is -1.76. The predicted molar refractivity (Wildman–Crippen MR) is 72.5 cm³/mol. The number of carbonyl (C=O) groups excluding carboxylic acids is 1. The molecule has 0 aliphatic rings. The number of halogens is 3. The molecule has 1 rings (SSSR count). The standard InChI is InChI=1S/C14H18F3NO3/c1-18(8-5-9-21-10-14(15,16)17)12-7-4-3-6-11(12)13(19)20-2/h3-4,6-7H,5,8-10H2,1-2H3. The zero-order valence-corrected chi connectivity index (χ0v) is 11.9. The van der Waals surface area contributed by atoms with E-state index in [0.717, 1.165) is 0 Å². The van der Waals surface area contributed by atoms with Gasteiger partial charge in [0.25, 0.3) is 0 Å². The van der Waals surface area contributed by atoms with Crippen molar-refractivity contribution in [1.82, 2.24) is 0 Å². The van der Waals surface area contributed by atoms with Crippen LogP contribution in [0.4, 0.5) is 18.9 Å². The van der Waals surface area contributed by atoms with Crippen molar-refractivity contribution in [2.75, 3.05) is 38.8 Å². The van der Waals surface area contributed by atoms with Gasteiger partial charge in [-0.1, -0.05) is 12.1 Å². The van der Waals surface area contributed by atoms with Gasteiger partial charge in [-0.05, 0) is 18.6 Å². The summed E-state index contributed by atoms with van der Waals surface area (Å²) in [6.45, 7) is -0.772. The fourth-order valence-corrected chi connectivity index (χ4v) is 1.80. The lowest BCUT2D eigenvalue weighted by molar-refractivity contribution is -0.173. The maximum atomic E-state index is 11.9. The van der Waals surface area contributed by atoms with Gasteiger partial charge in [0.1, 0.15) is 6.61 Å². The predicted octanol–water partition coefficient (Wildman–Crippen LogP) is 2.88. The van der Waals surface area contributed by atoms with Crippen LogP contribution in [0.5, 0.6) is 0 Å². The molecule has 0 fully saturated rings. The number of para-hydroxylation sites is 1. The zero-order valence-electron chi connectivity index (χ0n) is 11.9. The molecule has 21 heavy (non-hydrogen) atoms. The molecule has 0 unspecified atom stereocenters. The van der Waals surface area contributed by atoms with Gasteiger partial charge >= 0.3 is 12.1 Å². The Morgan fingerprint density at radius 3 is 2.57 bits per heavy atom. The maximum absolute atomic E-state index is 11.9. The smallest absolute Gasteiger partial charge is 0.411 e. The summed E-state index contributed by atoms with van der Waals surface area (Å²) in [5.74, 6) is -0.453. The minimum atomic E-state index is -4.30. The third-order valence-electron chi connectivity index (χ3n) is 2.77. The molecule has 0 aromatic heterocycles. The van der Waals surface area contributed by atoms with Crippen LogP contribution in [0.1, 0.15) is 16.8 Å². The van der Waals surface area contributed by atoms with E-state index < -0.39 is 18.8 Å². The molecule has 0 atom stereocenters. The van der Waals surface area contributed by atoms with Gasteiger partial charge in [0.2, 0.25) is 0 Å². The van der Waals surface area contributed by atoms with Crippen LogP contribution in [0.2, 0.25) is 0 Å². The first kappa shape index (κ1) is 17.3. The molecule has 0 amide bonds. The van der Waals surface area contributed by atoms with Crippen molar-refractivity contribution in [3.63, 3.8) is 0 Å². The second kappa shape index (κ2) is 7.87. The topological polar surface area (TPSA) is 38.8 Å². The molecule has 7 heteroatoms. The number of ether oxygens (including phenoxy) is 2. The number of rotatable bonds is 7. The number of nitrogens with zero attached hydrogens (tertiary/aromatic N) is 1. The van der Waals surface area contributed by atoms with Crippen molar-refractivity contribution < 1.29 is 27.4 Å². The zero-order chi connectivity index (χ0) is 15.9. The lowest BCUT2D eigenvalue weighted by Gasteiger charge is -2.21. The van der Waals surface area contributed by atoms with Crippen LogP contribution in [-0.4, -0.2) is 46.1 Å². The summed E-state index contributed by atoms with van der Waals surface area (Å²) in [6, 6.07) is 6.88. The average Bonchev–Trinajstić information content (AvgIpc) is 2.44. The molecule has 0 heterocycles. The molecule has 0 bridgehead atoms. The number of methoxy groups -OCH3 is 1. The van der Waals surface area contributed by atoms with Gasteiger partial charge < -0.3 is 14.4 Å². The van der Waals surface area contributed by atoms with E-state index in [0.29, 0.717) is 24.2 Å². The Bertz CT molecular complexity index is 463. The van der Waals surface area contributed by atoms with Crippen molar-refractivity contribution >= 4 is 11.7 Å². The summed E-state index contributed by atoms with van der Waals surface area (Å²) >= 11 is 0. The van der Waals surface area contributed by atoms with Gasteiger partial charge in [0.15, 0.2) is 0 Å². The summed E-state index contributed by atoms with van der Waals surface area (Å²) in [6.07, 6.45) is -3.88. The van der Waals surface area contributed by atoms with Gasteiger partial charge in [0, 0.05) is 20.2 Å². The minimum Gasteiger partial charge on any atom is -0.465 e. The molecule has 0 spiro atoms. The first-order valence-corrected chi connectivity index (χ1v) is 6.38. The van der Waals surface area contributed by atoms with E-state index in [-0.39, 0.29) is 6.61 Å². The maximum Gasteiger partial charge on any atom is 0.411 e. The van der Waals surface area contributed by atoms with Gasteiger partial charge in [-0.25, -0.2) is 4.79 Å². The summed E-state index contributed by atoms with van der Waals surface area (Å²) in [7, 11) is 3.05. The largest absolute Gasteiger partial charge is 0.465 e. The van der Waals surface area contributed by atoms with Gasteiger partial charge in [-0.2, -0.15) is 13.2 Å². The van der Waals surface area contributed by atoms with E-state index in [1.807, 2.05) is 0 Å². The monoisotopic (exact) mass is 305 g/mol. The molecular weight excluding hydrogens is 287 g/mol. The summed E-state index contributed by atoms with van der Waals surface area (Å²) in [5.41, 5.74) is 1.08. The fourth-order valence-electron chi connectivity index (χ4n) is 1.80. The highest BCUT2D eigenvalue weighted by atomic mass is 19.4. The highest BCUT2D eigenvalue weighted by Gasteiger charge is 2.27. The number of alkyl halides is 3. The molecule has 0 saturated heterocycles. The molecule has 1 aromatic carbocycles. The second-order valence-electron chi connectivity index (χ2n) is 4.45. The Labute approximate surface area is 121 Å². The van der Waals surface area contributed by atoms with Crippen molar-refractivity contribution in [3.05, 3.63) is 29.8 Å².